The zero-order chi connectivity index (χ0) is 24.7. The number of ether oxygens (including phenoxy) is 1. The van der Waals surface area contributed by atoms with Gasteiger partial charge in [0, 0.05) is 5.69 Å². The van der Waals surface area contributed by atoms with E-state index in [2.05, 4.69) is 5.32 Å². The average molecular weight is 469 g/mol. The lowest BCUT2D eigenvalue weighted by Gasteiger charge is -2.33. The van der Waals surface area contributed by atoms with Crippen molar-refractivity contribution in [2.45, 2.75) is 32.5 Å². The van der Waals surface area contributed by atoms with Crippen molar-refractivity contribution >= 4 is 35.0 Å². The van der Waals surface area contributed by atoms with Crippen LogP contribution in [0.3, 0.4) is 0 Å². The van der Waals surface area contributed by atoms with E-state index in [9.17, 15) is 19.2 Å². The number of amides is 4. The summed E-state index contributed by atoms with van der Waals surface area (Å²) in [7, 11) is 0. The van der Waals surface area contributed by atoms with Crippen molar-refractivity contribution in [2.75, 3.05) is 10.2 Å². The summed E-state index contributed by atoms with van der Waals surface area (Å²) >= 11 is 0. The molecular formula is C27H23N3O5. The van der Waals surface area contributed by atoms with Gasteiger partial charge in [-0.2, -0.15) is 0 Å². The van der Waals surface area contributed by atoms with E-state index in [1.807, 2.05) is 30.3 Å². The fourth-order valence-corrected chi connectivity index (χ4v) is 4.34. The van der Waals surface area contributed by atoms with Gasteiger partial charge in [0.15, 0.2) is 6.10 Å². The maximum absolute atomic E-state index is 13.0. The molecule has 2 aliphatic rings. The third-order valence-electron chi connectivity index (χ3n) is 6.21. The Morgan fingerprint density at radius 3 is 2.23 bits per heavy atom. The maximum atomic E-state index is 13.0. The molecule has 2 atom stereocenters. The number of nitrogens with one attached hydrogen (secondary N) is 1. The van der Waals surface area contributed by atoms with Crippen molar-refractivity contribution in [1.82, 2.24) is 4.90 Å². The number of imide groups is 1. The molecule has 0 spiro atoms. The van der Waals surface area contributed by atoms with E-state index in [0.29, 0.717) is 23.7 Å². The number of carbonyl (C=O) groups is 4. The molecule has 5 rings (SSSR count). The van der Waals surface area contributed by atoms with Gasteiger partial charge in [0.1, 0.15) is 11.8 Å². The molecule has 0 aromatic heterocycles. The van der Waals surface area contributed by atoms with Gasteiger partial charge in [-0.15, -0.1) is 0 Å². The van der Waals surface area contributed by atoms with Crippen molar-refractivity contribution < 1.29 is 23.9 Å². The molecule has 8 heteroatoms. The third kappa shape index (κ3) is 3.93. The number of hydrogen-bond acceptors (Lipinski definition) is 5. The highest BCUT2D eigenvalue weighted by Crippen LogP contribution is 2.37. The zero-order valence-corrected chi connectivity index (χ0v) is 19.2. The highest BCUT2D eigenvalue weighted by Gasteiger charge is 2.40. The minimum Gasteiger partial charge on any atom is -0.479 e. The van der Waals surface area contributed by atoms with E-state index < -0.39 is 29.9 Å². The quantitative estimate of drug-likeness (QED) is 0.576. The first-order chi connectivity index (χ1) is 16.8. The third-order valence-corrected chi connectivity index (χ3v) is 6.21. The average Bonchev–Trinajstić information content (AvgIpc) is 3.12. The Morgan fingerprint density at radius 2 is 1.57 bits per heavy atom. The summed E-state index contributed by atoms with van der Waals surface area (Å²) in [4.78, 5) is 54.0. The van der Waals surface area contributed by atoms with Crippen LogP contribution in [0, 0.1) is 0 Å². The van der Waals surface area contributed by atoms with Gasteiger partial charge in [0.25, 0.3) is 17.7 Å². The second-order valence-corrected chi connectivity index (χ2v) is 8.54. The van der Waals surface area contributed by atoms with Gasteiger partial charge in [0.2, 0.25) is 5.91 Å². The van der Waals surface area contributed by atoms with Crippen LogP contribution in [0.25, 0.3) is 0 Å². The molecule has 0 fully saturated rings. The van der Waals surface area contributed by atoms with Crippen LogP contribution in [-0.4, -0.2) is 40.7 Å². The second-order valence-electron chi connectivity index (χ2n) is 8.54. The molecule has 0 saturated carbocycles. The number of nitrogens with zero attached hydrogens (tertiary/aromatic N) is 2. The predicted octanol–water partition coefficient (Wildman–Crippen LogP) is 3.62. The van der Waals surface area contributed by atoms with Crippen LogP contribution >= 0.6 is 0 Å². The number of carbonyl (C=O) groups excluding carboxylic acids is 4. The molecule has 2 aliphatic heterocycles. The summed E-state index contributed by atoms with van der Waals surface area (Å²) < 4.78 is 5.76. The summed E-state index contributed by atoms with van der Waals surface area (Å²) in [6, 6.07) is 20.1. The van der Waals surface area contributed by atoms with Crippen molar-refractivity contribution in [3.8, 4) is 5.75 Å². The number of benzene rings is 3. The highest BCUT2D eigenvalue weighted by atomic mass is 16.5. The van der Waals surface area contributed by atoms with Crippen LogP contribution in [-0.2, 0) is 16.1 Å². The number of fused-ring (bicyclic) bond motifs is 2. The molecule has 0 bridgehead atoms. The van der Waals surface area contributed by atoms with Gasteiger partial charge in [-0.25, -0.2) is 0 Å². The van der Waals surface area contributed by atoms with Gasteiger partial charge < -0.3 is 15.0 Å². The molecule has 0 aliphatic carbocycles. The van der Waals surface area contributed by atoms with E-state index in [1.165, 1.54) is 6.92 Å². The van der Waals surface area contributed by atoms with E-state index >= 15 is 0 Å². The van der Waals surface area contributed by atoms with E-state index in [1.54, 1.807) is 54.3 Å². The smallest absolute Gasteiger partial charge is 0.268 e. The maximum Gasteiger partial charge on any atom is 0.268 e. The van der Waals surface area contributed by atoms with Crippen LogP contribution in [0.5, 0.6) is 5.75 Å². The molecule has 4 amide bonds. The Labute approximate surface area is 202 Å². The largest absolute Gasteiger partial charge is 0.479 e. The lowest BCUT2D eigenvalue weighted by atomic mass is 10.1. The Kier molecular flexibility index (Phi) is 5.56. The second kappa shape index (κ2) is 8.72. The van der Waals surface area contributed by atoms with Crippen molar-refractivity contribution in [2.24, 2.45) is 0 Å². The lowest BCUT2D eigenvalue weighted by molar-refractivity contribution is -0.125. The zero-order valence-electron chi connectivity index (χ0n) is 19.2. The standard InChI is InChI=1S/C27H23N3O5/c1-16(30-26(33)20-10-6-7-11-21(20)27(30)34)24(31)28-19-12-13-23-22(14-19)29(25(32)17(2)35-23)15-18-8-4-3-5-9-18/h3-14,16-17H,15H2,1-2H3,(H,28,31). The molecule has 35 heavy (non-hydrogen) atoms. The Bertz CT molecular complexity index is 1320. The van der Waals surface area contributed by atoms with Crippen molar-refractivity contribution in [1.29, 1.82) is 0 Å². The Morgan fingerprint density at radius 1 is 0.943 bits per heavy atom. The van der Waals surface area contributed by atoms with Gasteiger partial charge in [0.05, 0.1) is 23.4 Å². The van der Waals surface area contributed by atoms with Crippen LogP contribution in [0.2, 0.25) is 0 Å². The molecule has 2 heterocycles. The predicted molar refractivity (Wildman–Crippen MR) is 129 cm³/mol. The molecular weight excluding hydrogens is 446 g/mol. The number of hydrogen-bond donors (Lipinski definition) is 1. The van der Waals surface area contributed by atoms with Crippen molar-refractivity contribution in [3.05, 3.63) is 89.5 Å². The van der Waals surface area contributed by atoms with E-state index in [-0.39, 0.29) is 17.0 Å². The number of rotatable bonds is 5. The normalized spacial score (nSPS) is 17.5. The van der Waals surface area contributed by atoms with Gasteiger partial charge in [-0.1, -0.05) is 42.5 Å². The Balaban J connectivity index is 1.38. The molecule has 0 saturated heterocycles. The molecule has 3 aromatic rings. The minimum atomic E-state index is -1.03. The molecule has 8 nitrogen and oxygen atoms in total. The van der Waals surface area contributed by atoms with Crippen LogP contribution < -0.4 is 15.0 Å². The molecule has 176 valence electrons. The van der Waals surface area contributed by atoms with E-state index in [4.69, 9.17) is 4.74 Å². The number of anilines is 2. The first-order valence-corrected chi connectivity index (χ1v) is 11.3. The summed E-state index contributed by atoms with van der Waals surface area (Å²) in [6.07, 6.45) is -0.638. The molecule has 3 aromatic carbocycles. The fraction of sp³-hybridized carbons (Fsp3) is 0.185. The SMILES string of the molecule is CC1Oc2ccc(NC(=O)C(C)N3C(=O)c4ccccc4C3=O)cc2N(Cc2ccccc2)C1=O. The van der Waals surface area contributed by atoms with Gasteiger partial charge >= 0.3 is 0 Å². The topological polar surface area (TPSA) is 96.0 Å². The first kappa shape index (κ1) is 22.3. The Hall–Kier alpha value is -4.46. The minimum absolute atomic E-state index is 0.191. The summed E-state index contributed by atoms with van der Waals surface area (Å²) in [6.45, 7) is 3.55. The summed E-state index contributed by atoms with van der Waals surface area (Å²) in [5.41, 5.74) is 2.47. The van der Waals surface area contributed by atoms with Crippen LogP contribution in [0.4, 0.5) is 11.4 Å². The summed E-state index contributed by atoms with van der Waals surface area (Å²) in [5.74, 6) is -1.18. The summed E-state index contributed by atoms with van der Waals surface area (Å²) in [5, 5.41) is 2.77. The van der Waals surface area contributed by atoms with Gasteiger partial charge in [-0.05, 0) is 49.7 Å². The van der Waals surface area contributed by atoms with Crippen molar-refractivity contribution in [3.63, 3.8) is 0 Å². The van der Waals surface area contributed by atoms with Gasteiger partial charge in [-0.3, -0.25) is 24.1 Å². The van der Waals surface area contributed by atoms with Crippen LogP contribution in [0.15, 0.2) is 72.8 Å². The fourth-order valence-electron chi connectivity index (χ4n) is 4.34. The van der Waals surface area contributed by atoms with E-state index in [0.717, 1.165) is 10.5 Å². The molecule has 1 N–H and O–H groups in total. The van der Waals surface area contributed by atoms with Crippen LogP contribution in [0.1, 0.15) is 40.1 Å². The monoisotopic (exact) mass is 469 g/mol. The highest BCUT2D eigenvalue weighted by molar-refractivity contribution is 6.23. The molecule has 2 unspecified atom stereocenters. The lowest BCUT2D eigenvalue weighted by Crippen LogP contribution is -2.45. The molecule has 0 radical (unpaired) electrons. The first-order valence-electron chi connectivity index (χ1n) is 11.3.